The highest BCUT2D eigenvalue weighted by Gasteiger charge is 2.30. The Kier molecular flexibility index (Phi) is 5.12. The van der Waals surface area contributed by atoms with Crippen LogP contribution in [0.4, 0.5) is 0 Å². The molecule has 17 heavy (non-hydrogen) atoms. The van der Waals surface area contributed by atoms with Crippen molar-refractivity contribution in [2.75, 3.05) is 5.88 Å². The van der Waals surface area contributed by atoms with E-state index >= 15 is 0 Å². The van der Waals surface area contributed by atoms with Gasteiger partial charge in [-0.2, -0.15) is 5.10 Å². The van der Waals surface area contributed by atoms with E-state index in [4.69, 9.17) is 11.6 Å². The van der Waals surface area contributed by atoms with Crippen molar-refractivity contribution in [3.8, 4) is 0 Å². The minimum Gasteiger partial charge on any atom is -0.297 e. The van der Waals surface area contributed by atoms with Crippen LogP contribution in [-0.2, 0) is 4.79 Å². The summed E-state index contributed by atoms with van der Waals surface area (Å²) in [5.74, 6) is 0.825. The average Bonchev–Trinajstić information content (AvgIpc) is 2.75. The summed E-state index contributed by atoms with van der Waals surface area (Å²) in [5.41, 5.74) is -0.364. The Morgan fingerprint density at radius 3 is 2.59 bits per heavy atom. The molecular weight excluding hydrogens is 238 g/mol. The van der Waals surface area contributed by atoms with Gasteiger partial charge in [0.2, 0.25) is 0 Å². The van der Waals surface area contributed by atoms with Gasteiger partial charge < -0.3 is 0 Å². The molecule has 0 aromatic carbocycles. The van der Waals surface area contributed by atoms with Gasteiger partial charge in [0.1, 0.15) is 18.7 Å². The van der Waals surface area contributed by atoms with Crippen LogP contribution in [0, 0.1) is 5.41 Å². The van der Waals surface area contributed by atoms with Crippen LogP contribution in [0.3, 0.4) is 0 Å². The van der Waals surface area contributed by atoms with E-state index in [1.807, 2.05) is 20.8 Å². The fourth-order valence-electron chi connectivity index (χ4n) is 1.69. The van der Waals surface area contributed by atoms with Gasteiger partial charge in [-0.15, -0.1) is 11.6 Å². The zero-order valence-corrected chi connectivity index (χ0v) is 11.4. The van der Waals surface area contributed by atoms with E-state index in [0.717, 1.165) is 19.3 Å². The van der Waals surface area contributed by atoms with Gasteiger partial charge in [0.05, 0.1) is 0 Å². The second-order valence-corrected chi connectivity index (χ2v) is 5.57. The summed E-state index contributed by atoms with van der Waals surface area (Å²) in [6.07, 6.45) is 5.69. The minimum atomic E-state index is -0.364. The van der Waals surface area contributed by atoms with Crippen LogP contribution in [0.25, 0.3) is 0 Å². The van der Waals surface area contributed by atoms with Crippen LogP contribution in [0.1, 0.15) is 46.1 Å². The van der Waals surface area contributed by atoms with Crippen LogP contribution in [-0.4, -0.2) is 26.4 Å². The molecule has 0 fully saturated rings. The number of rotatable bonds is 6. The maximum atomic E-state index is 12.3. The van der Waals surface area contributed by atoms with E-state index in [-0.39, 0.29) is 17.2 Å². The molecule has 1 heterocycles. The molecule has 0 N–H and O–H groups in total. The Morgan fingerprint density at radius 1 is 1.41 bits per heavy atom. The van der Waals surface area contributed by atoms with Crippen molar-refractivity contribution in [3.05, 3.63) is 12.7 Å². The van der Waals surface area contributed by atoms with Crippen molar-refractivity contribution >= 4 is 17.4 Å². The third-order valence-electron chi connectivity index (χ3n) is 2.66. The van der Waals surface area contributed by atoms with E-state index in [9.17, 15) is 4.79 Å². The van der Waals surface area contributed by atoms with Crippen LogP contribution >= 0.6 is 11.6 Å². The highest BCUT2D eigenvalue weighted by Crippen LogP contribution is 2.26. The van der Waals surface area contributed by atoms with Gasteiger partial charge >= 0.3 is 0 Å². The lowest BCUT2D eigenvalue weighted by molar-refractivity contribution is -0.130. The summed E-state index contributed by atoms with van der Waals surface area (Å²) in [7, 11) is 0. The zero-order valence-electron chi connectivity index (χ0n) is 10.7. The number of hydrogen-bond acceptors (Lipinski definition) is 3. The molecule has 0 radical (unpaired) electrons. The summed E-state index contributed by atoms with van der Waals surface area (Å²) in [5, 5.41) is 4.08. The molecule has 0 bridgehead atoms. The quantitative estimate of drug-likeness (QED) is 0.582. The molecule has 1 aromatic heterocycles. The third kappa shape index (κ3) is 4.11. The van der Waals surface area contributed by atoms with Crippen molar-refractivity contribution in [2.45, 2.75) is 46.1 Å². The van der Waals surface area contributed by atoms with E-state index < -0.39 is 0 Å². The monoisotopic (exact) mass is 257 g/mol. The third-order valence-corrected chi connectivity index (χ3v) is 2.93. The Hall–Kier alpha value is -0.900. The summed E-state index contributed by atoms with van der Waals surface area (Å²) in [6, 6.07) is -0.222. The number of hydrogen-bond donors (Lipinski definition) is 0. The predicted octanol–water partition coefficient (Wildman–Crippen LogP) is 2.84. The van der Waals surface area contributed by atoms with Gasteiger partial charge in [-0.3, -0.25) is 4.79 Å². The van der Waals surface area contributed by atoms with Gasteiger partial charge in [-0.1, -0.05) is 20.8 Å². The van der Waals surface area contributed by atoms with E-state index in [2.05, 4.69) is 10.1 Å². The number of carbonyl (C=O) groups excluding carboxylic acids is 1. The van der Waals surface area contributed by atoms with Gasteiger partial charge in [0, 0.05) is 11.3 Å². The molecule has 0 amide bonds. The molecule has 0 saturated carbocycles. The normalized spacial score (nSPS) is 13.6. The second kappa shape index (κ2) is 6.15. The van der Waals surface area contributed by atoms with Crippen molar-refractivity contribution in [2.24, 2.45) is 5.41 Å². The van der Waals surface area contributed by atoms with Crippen LogP contribution in [0.2, 0.25) is 0 Å². The average molecular weight is 258 g/mol. The Morgan fingerprint density at radius 2 is 2.12 bits per heavy atom. The van der Waals surface area contributed by atoms with Crippen LogP contribution in [0.5, 0.6) is 0 Å². The number of nitrogens with zero attached hydrogens (tertiary/aromatic N) is 3. The molecule has 96 valence electrons. The first-order valence-electron chi connectivity index (χ1n) is 5.91. The molecule has 5 heteroatoms. The molecule has 4 nitrogen and oxygen atoms in total. The maximum absolute atomic E-state index is 12.3. The topological polar surface area (TPSA) is 47.8 Å². The number of alkyl halides is 1. The van der Waals surface area contributed by atoms with Crippen LogP contribution < -0.4 is 0 Å². The lowest BCUT2D eigenvalue weighted by Gasteiger charge is -2.24. The second-order valence-electron chi connectivity index (χ2n) is 5.19. The smallest absolute Gasteiger partial charge is 0.162 e. The fourth-order valence-corrected chi connectivity index (χ4v) is 1.88. The Labute approximate surface area is 107 Å². The molecule has 1 rings (SSSR count). The zero-order chi connectivity index (χ0) is 12.9. The van der Waals surface area contributed by atoms with Gasteiger partial charge in [-0.05, 0) is 19.3 Å². The molecule has 1 atom stereocenters. The molecular formula is C12H20ClN3O. The largest absolute Gasteiger partial charge is 0.297 e. The molecule has 0 aliphatic heterocycles. The number of Topliss-reactive ketones (excluding diaryl/α,β-unsaturated/α-hetero) is 1. The Balaban J connectivity index is 2.76. The first-order valence-corrected chi connectivity index (χ1v) is 6.44. The first kappa shape index (κ1) is 14.2. The SMILES string of the molecule is CC(C)(C)C(=O)C(CCCCCl)n1cncn1. The number of halogens is 1. The van der Waals surface area contributed by atoms with Crippen molar-refractivity contribution in [1.29, 1.82) is 0 Å². The van der Waals surface area contributed by atoms with Gasteiger partial charge in [-0.25, -0.2) is 9.67 Å². The maximum Gasteiger partial charge on any atom is 0.162 e. The van der Waals surface area contributed by atoms with Gasteiger partial charge in [0.25, 0.3) is 0 Å². The van der Waals surface area contributed by atoms with Crippen molar-refractivity contribution in [3.63, 3.8) is 0 Å². The lowest BCUT2D eigenvalue weighted by Crippen LogP contribution is -2.31. The van der Waals surface area contributed by atoms with E-state index in [1.54, 1.807) is 11.0 Å². The van der Waals surface area contributed by atoms with E-state index in [1.165, 1.54) is 6.33 Å². The standard InChI is InChI=1S/C12H20ClN3O/c1-12(2,3)11(17)10(6-4-5-7-13)16-9-14-8-15-16/h8-10H,4-7H2,1-3H3. The van der Waals surface area contributed by atoms with Crippen LogP contribution in [0.15, 0.2) is 12.7 Å². The summed E-state index contributed by atoms with van der Waals surface area (Å²) in [6.45, 7) is 5.79. The highest BCUT2D eigenvalue weighted by atomic mass is 35.5. The molecule has 0 saturated heterocycles. The van der Waals surface area contributed by atoms with Gasteiger partial charge in [0.15, 0.2) is 5.78 Å². The molecule has 0 aliphatic rings. The number of ketones is 1. The summed E-state index contributed by atoms with van der Waals surface area (Å²) >= 11 is 5.66. The number of carbonyl (C=O) groups is 1. The predicted molar refractivity (Wildman–Crippen MR) is 68.1 cm³/mol. The lowest BCUT2D eigenvalue weighted by atomic mass is 9.85. The Bertz CT molecular complexity index is 343. The first-order chi connectivity index (χ1) is 7.96. The molecule has 1 aromatic rings. The molecule has 1 unspecified atom stereocenters. The molecule has 0 aliphatic carbocycles. The van der Waals surface area contributed by atoms with Crippen molar-refractivity contribution in [1.82, 2.24) is 14.8 Å². The fraction of sp³-hybridized carbons (Fsp3) is 0.750. The number of unbranched alkanes of at least 4 members (excludes halogenated alkanes) is 1. The minimum absolute atomic E-state index is 0.192. The summed E-state index contributed by atoms with van der Waals surface area (Å²) in [4.78, 5) is 16.2. The summed E-state index contributed by atoms with van der Waals surface area (Å²) < 4.78 is 1.65. The highest BCUT2D eigenvalue weighted by molar-refractivity contribution is 6.17. The van der Waals surface area contributed by atoms with Crippen molar-refractivity contribution < 1.29 is 4.79 Å². The van der Waals surface area contributed by atoms with E-state index in [0.29, 0.717) is 5.88 Å². The number of aromatic nitrogens is 3. The molecule has 0 spiro atoms.